The van der Waals surface area contributed by atoms with Crippen LogP contribution in [0.5, 0.6) is 0 Å². The number of nitrogens with one attached hydrogen (secondary N) is 1. The summed E-state index contributed by atoms with van der Waals surface area (Å²) in [6, 6.07) is -0.651. The summed E-state index contributed by atoms with van der Waals surface area (Å²) in [5.41, 5.74) is 0. The molecule has 2 unspecified atom stereocenters. The van der Waals surface area contributed by atoms with Gasteiger partial charge in [-0.05, 0) is 77.0 Å². The second kappa shape index (κ2) is 33.3. The lowest BCUT2D eigenvalue weighted by Crippen LogP contribution is -2.45. The zero-order chi connectivity index (χ0) is 30.8. The van der Waals surface area contributed by atoms with Crippen molar-refractivity contribution in [1.82, 2.24) is 5.32 Å². The lowest BCUT2D eigenvalue weighted by molar-refractivity contribution is -0.123. The summed E-state index contributed by atoms with van der Waals surface area (Å²) in [5, 5.41) is 22.8. The van der Waals surface area contributed by atoms with Crippen LogP contribution in [0, 0.1) is 0 Å². The van der Waals surface area contributed by atoms with Crippen molar-refractivity contribution in [3.8, 4) is 0 Å². The van der Waals surface area contributed by atoms with E-state index in [0.29, 0.717) is 6.42 Å². The first kappa shape index (κ1) is 39.8. The molecule has 4 nitrogen and oxygen atoms in total. The first-order valence-corrected chi connectivity index (χ1v) is 17.2. The van der Waals surface area contributed by atoms with E-state index < -0.39 is 12.1 Å². The third kappa shape index (κ3) is 29.3. The van der Waals surface area contributed by atoms with Crippen LogP contribution in [0.3, 0.4) is 0 Å². The number of carbonyl (C=O) groups is 1. The highest BCUT2D eigenvalue weighted by Crippen LogP contribution is 2.11. The Morgan fingerprint density at radius 1 is 0.595 bits per heavy atom. The highest BCUT2D eigenvalue weighted by molar-refractivity contribution is 5.76. The van der Waals surface area contributed by atoms with Gasteiger partial charge in [0.2, 0.25) is 5.91 Å². The molecule has 1 amide bonds. The molecular formula is C38H65NO3. The van der Waals surface area contributed by atoms with Gasteiger partial charge in [-0.1, -0.05) is 132 Å². The lowest BCUT2D eigenvalue weighted by Gasteiger charge is -2.19. The molecule has 240 valence electrons. The Morgan fingerprint density at radius 2 is 1.07 bits per heavy atom. The quantitative estimate of drug-likeness (QED) is 0.0606. The van der Waals surface area contributed by atoms with Crippen LogP contribution >= 0.6 is 0 Å². The predicted molar refractivity (Wildman–Crippen MR) is 184 cm³/mol. The Hall–Kier alpha value is -2.17. The molecule has 42 heavy (non-hydrogen) atoms. The van der Waals surface area contributed by atoms with Gasteiger partial charge in [0.15, 0.2) is 0 Å². The van der Waals surface area contributed by atoms with Gasteiger partial charge in [0.05, 0.1) is 18.8 Å². The van der Waals surface area contributed by atoms with Crippen LogP contribution in [-0.4, -0.2) is 34.9 Å². The van der Waals surface area contributed by atoms with Crippen molar-refractivity contribution >= 4 is 5.91 Å². The summed E-state index contributed by atoms with van der Waals surface area (Å²) < 4.78 is 0. The van der Waals surface area contributed by atoms with Crippen molar-refractivity contribution in [3.05, 3.63) is 72.9 Å². The fraction of sp³-hybridized carbons (Fsp3) is 0.658. The van der Waals surface area contributed by atoms with Crippen molar-refractivity contribution in [3.63, 3.8) is 0 Å². The minimum absolute atomic E-state index is 0.0945. The molecule has 0 aliphatic heterocycles. The molecule has 4 heteroatoms. The van der Waals surface area contributed by atoms with E-state index in [4.69, 9.17) is 0 Å². The Balaban J connectivity index is 3.76. The first-order chi connectivity index (χ1) is 20.7. The average molecular weight is 584 g/mol. The van der Waals surface area contributed by atoms with Gasteiger partial charge in [0.25, 0.3) is 0 Å². The van der Waals surface area contributed by atoms with E-state index in [2.05, 4.69) is 79.9 Å². The monoisotopic (exact) mass is 583 g/mol. The van der Waals surface area contributed by atoms with E-state index in [9.17, 15) is 15.0 Å². The number of amides is 1. The standard InChI is InChI=1S/C38H65NO3/c1-3-5-7-9-11-13-15-17-18-19-20-22-24-26-28-30-32-34-38(42)39-36(35-40)37(41)33-31-29-27-25-23-21-16-14-12-10-8-6-4-2/h5,7,11-14,17-18,23,25,31,33,36-37,40-41H,3-4,6,8-10,15-16,19-22,24,26-30,32,34-35H2,1-2H3,(H,39,42)/b7-5-,13-11-,14-12+,18-17-,25-23+,33-31+. The van der Waals surface area contributed by atoms with E-state index in [0.717, 1.165) is 70.6 Å². The highest BCUT2D eigenvalue weighted by atomic mass is 16.3. The van der Waals surface area contributed by atoms with Gasteiger partial charge in [-0.15, -0.1) is 0 Å². The molecular weight excluding hydrogens is 518 g/mol. The Kier molecular flexibility index (Phi) is 31.6. The molecule has 0 bridgehead atoms. The molecule has 0 spiro atoms. The summed E-state index contributed by atoms with van der Waals surface area (Å²) in [6.07, 6.45) is 46.9. The Labute approximate surface area is 259 Å². The summed E-state index contributed by atoms with van der Waals surface area (Å²) >= 11 is 0. The highest BCUT2D eigenvalue weighted by Gasteiger charge is 2.17. The van der Waals surface area contributed by atoms with Gasteiger partial charge in [0.1, 0.15) is 0 Å². The number of carbonyl (C=O) groups excluding carboxylic acids is 1. The molecule has 2 atom stereocenters. The van der Waals surface area contributed by atoms with Gasteiger partial charge >= 0.3 is 0 Å². The van der Waals surface area contributed by atoms with Gasteiger partial charge in [0, 0.05) is 6.42 Å². The van der Waals surface area contributed by atoms with E-state index in [-0.39, 0.29) is 12.5 Å². The second-order valence-electron chi connectivity index (χ2n) is 11.2. The molecule has 0 saturated heterocycles. The zero-order valence-electron chi connectivity index (χ0n) is 27.2. The third-order valence-electron chi connectivity index (χ3n) is 7.15. The number of rotatable bonds is 29. The van der Waals surface area contributed by atoms with Crippen molar-refractivity contribution in [2.75, 3.05) is 6.61 Å². The maximum absolute atomic E-state index is 12.3. The van der Waals surface area contributed by atoms with Gasteiger partial charge in [-0.2, -0.15) is 0 Å². The molecule has 0 aromatic rings. The van der Waals surface area contributed by atoms with Gasteiger partial charge < -0.3 is 15.5 Å². The van der Waals surface area contributed by atoms with Crippen LogP contribution in [0.4, 0.5) is 0 Å². The molecule has 0 heterocycles. The lowest BCUT2D eigenvalue weighted by atomic mass is 10.1. The number of hydrogen-bond acceptors (Lipinski definition) is 3. The largest absolute Gasteiger partial charge is 0.394 e. The molecule has 3 N–H and O–H groups in total. The fourth-order valence-corrected chi connectivity index (χ4v) is 4.51. The summed E-state index contributed by atoms with van der Waals surface area (Å²) in [6.45, 7) is 4.11. The first-order valence-electron chi connectivity index (χ1n) is 17.2. The molecule has 0 radical (unpaired) electrons. The number of hydrogen-bond donors (Lipinski definition) is 3. The smallest absolute Gasteiger partial charge is 0.220 e. The van der Waals surface area contributed by atoms with Crippen LogP contribution in [0.15, 0.2) is 72.9 Å². The normalized spacial score (nSPS) is 14.1. The van der Waals surface area contributed by atoms with Crippen LogP contribution < -0.4 is 5.32 Å². The Bertz CT molecular complexity index is 762. The average Bonchev–Trinajstić information content (AvgIpc) is 2.99. The SMILES string of the molecule is CC/C=C\C/C=C\C/C=C\CCCCCCCCCC(=O)NC(CO)C(O)/C=C/CC/C=C/CC/C=C/CCCCC. The number of unbranched alkanes of at least 4 members (excludes halogenated alkanes) is 12. The van der Waals surface area contributed by atoms with Crippen LogP contribution in [0.25, 0.3) is 0 Å². The van der Waals surface area contributed by atoms with Crippen LogP contribution in [-0.2, 0) is 4.79 Å². The van der Waals surface area contributed by atoms with E-state index >= 15 is 0 Å². The minimum atomic E-state index is -0.875. The molecule has 0 saturated carbocycles. The van der Waals surface area contributed by atoms with E-state index in [1.807, 2.05) is 6.08 Å². The maximum atomic E-state index is 12.3. The molecule has 0 fully saturated rings. The van der Waals surface area contributed by atoms with Crippen molar-refractivity contribution in [1.29, 1.82) is 0 Å². The molecule has 0 aliphatic carbocycles. The third-order valence-corrected chi connectivity index (χ3v) is 7.15. The van der Waals surface area contributed by atoms with Gasteiger partial charge in [-0.25, -0.2) is 0 Å². The maximum Gasteiger partial charge on any atom is 0.220 e. The predicted octanol–water partition coefficient (Wildman–Crippen LogP) is 10.0. The molecule has 0 aromatic carbocycles. The second-order valence-corrected chi connectivity index (χ2v) is 11.2. The molecule has 0 aromatic heterocycles. The molecule has 0 rings (SSSR count). The van der Waals surface area contributed by atoms with Gasteiger partial charge in [-0.3, -0.25) is 4.79 Å². The van der Waals surface area contributed by atoms with E-state index in [1.165, 1.54) is 51.4 Å². The topological polar surface area (TPSA) is 69.6 Å². The van der Waals surface area contributed by atoms with Crippen molar-refractivity contribution in [2.45, 2.75) is 154 Å². The van der Waals surface area contributed by atoms with Crippen LogP contribution in [0.1, 0.15) is 142 Å². The van der Waals surface area contributed by atoms with Crippen LogP contribution in [0.2, 0.25) is 0 Å². The van der Waals surface area contributed by atoms with Crippen molar-refractivity contribution < 1.29 is 15.0 Å². The fourth-order valence-electron chi connectivity index (χ4n) is 4.51. The summed E-state index contributed by atoms with van der Waals surface area (Å²) in [7, 11) is 0. The van der Waals surface area contributed by atoms with Crippen molar-refractivity contribution in [2.24, 2.45) is 0 Å². The zero-order valence-corrected chi connectivity index (χ0v) is 27.2. The molecule has 0 aliphatic rings. The number of aliphatic hydroxyl groups is 2. The summed E-state index contributed by atoms with van der Waals surface area (Å²) in [5.74, 6) is -0.0945. The minimum Gasteiger partial charge on any atom is -0.394 e. The summed E-state index contributed by atoms with van der Waals surface area (Å²) in [4.78, 5) is 12.3. The van der Waals surface area contributed by atoms with E-state index in [1.54, 1.807) is 6.08 Å². The number of allylic oxidation sites excluding steroid dienone is 11. The number of aliphatic hydroxyl groups excluding tert-OH is 2. The Morgan fingerprint density at radius 3 is 1.67 bits per heavy atom.